The van der Waals surface area contributed by atoms with Gasteiger partial charge in [0.1, 0.15) is 12.4 Å². The Morgan fingerprint density at radius 3 is 2.96 bits per heavy atom. The van der Waals surface area contributed by atoms with Crippen molar-refractivity contribution in [3.8, 4) is 0 Å². The third-order valence-corrected chi connectivity index (χ3v) is 4.54. The van der Waals surface area contributed by atoms with Crippen molar-refractivity contribution < 1.29 is 4.79 Å². The molecule has 5 heteroatoms. The van der Waals surface area contributed by atoms with E-state index in [2.05, 4.69) is 33.8 Å². The van der Waals surface area contributed by atoms with E-state index in [0.29, 0.717) is 13.1 Å². The molecule has 0 aliphatic carbocycles. The fourth-order valence-corrected chi connectivity index (χ4v) is 3.25. The molecule has 5 nitrogen and oxygen atoms in total. The zero-order valence-corrected chi connectivity index (χ0v) is 13.7. The zero-order chi connectivity index (χ0) is 16.5. The molecule has 2 aromatic carbocycles. The third kappa shape index (κ3) is 2.78. The molecule has 122 valence electrons. The Hall–Kier alpha value is -2.66. The largest absolute Gasteiger partial charge is 0.350 e. The molecule has 1 aliphatic heterocycles. The first kappa shape index (κ1) is 14.9. The predicted octanol–water partition coefficient (Wildman–Crippen LogP) is 2.26. The van der Waals surface area contributed by atoms with Crippen LogP contribution in [0.4, 0.5) is 0 Å². The molecule has 2 N–H and O–H groups in total. The van der Waals surface area contributed by atoms with Crippen LogP contribution in [0.25, 0.3) is 11.0 Å². The van der Waals surface area contributed by atoms with Gasteiger partial charge in [-0.15, -0.1) is 0 Å². The average molecular weight is 320 g/mol. The van der Waals surface area contributed by atoms with Gasteiger partial charge in [0.15, 0.2) is 0 Å². The van der Waals surface area contributed by atoms with Crippen LogP contribution < -0.4 is 10.6 Å². The quantitative estimate of drug-likeness (QED) is 0.775. The molecule has 0 saturated carbocycles. The lowest BCUT2D eigenvalue weighted by Gasteiger charge is -2.09. The number of aryl methyl sites for hydroxylation is 1. The summed E-state index contributed by atoms with van der Waals surface area (Å²) in [7, 11) is 0. The minimum atomic E-state index is -0.000114. The van der Waals surface area contributed by atoms with Crippen LogP contribution in [-0.4, -0.2) is 15.5 Å². The molecule has 0 bridgehead atoms. The fraction of sp³-hybridized carbons (Fsp3) is 0.263. The molecule has 4 rings (SSSR count). The highest BCUT2D eigenvalue weighted by molar-refractivity contribution is 5.81. The summed E-state index contributed by atoms with van der Waals surface area (Å²) in [6, 6.07) is 14.3. The van der Waals surface area contributed by atoms with Crippen LogP contribution in [0.5, 0.6) is 0 Å². The maximum atomic E-state index is 12.3. The number of hydrogen-bond donors (Lipinski definition) is 2. The van der Waals surface area contributed by atoms with Crippen LogP contribution in [0.1, 0.15) is 22.5 Å². The molecule has 0 saturated heterocycles. The second kappa shape index (κ2) is 6.09. The maximum Gasteiger partial charge on any atom is 0.240 e. The smallest absolute Gasteiger partial charge is 0.240 e. The number of benzene rings is 2. The number of amides is 1. The van der Waals surface area contributed by atoms with Crippen molar-refractivity contribution in [2.24, 2.45) is 0 Å². The van der Waals surface area contributed by atoms with E-state index >= 15 is 0 Å². The summed E-state index contributed by atoms with van der Waals surface area (Å²) in [6.45, 7) is 4.63. The van der Waals surface area contributed by atoms with Crippen molar-refractivity contribution in [2.75, 3.05) is 0 Å². The summed E-state index contributed by atoms with van der Waals surface area (Å²) >= 11 is 0. The normalized spacial score (nSPS) is 13.2. The number of carbonyl (C=O) groups is 1. The number of nitrogens with zero attached hydrogens (tertiary/aromatic N) is 2. The number of fused-ring (bicyclic) bond motifs is 2. The molecule has 0 unspecified atom stereocenters. The highest BCUT2D eigenvalue weighted by atomic mass is 16.1. The maximum absolute atomic E-state index is 12.3. The summed E-state index contributed by atoms with van der Waals surface area (Å²) in [5, 5.41) is 6.35. The van der Waals surface area contributed by atoms with Gasteiger partial charge in [0, 0.05) is 19.6 Å². The molecule has 1 aromatic heterocycles. The van der Waals surface area contributed by atoms with Crippen LogP contribution in [0.15, 0.2) is 42.5 Å². The summed E-state index contributed by atoms with van der Waals surface area (Å²) in [5.41, 5.74) is 5.74. The first-order valence-electron chi connectivity index (χ1n) is 8.21. The Bertz CT molecular complexity index is 913. The lowest BCUT2D eigenvalue weighted by Crippen LogP contribution is -2.27. The van der Waals surface area contributed by atoms with Gasteiger partial charge in [0.25, 0.3) is 0 Å². The van der Waals surface area contributed by atoms with Gasteiger partial charge in [-0.2, -0.15) is 0 Å². The molecule has 3 aromatic rings. The van der Waals surface area contributed by atoms with Gasteiger partial charge < -0.3 is 15.2 Å². The molecule has 24 heavy (non-hydrogen) atoms. The Morgan fingerprint density at radius 2 is 2.04 bits per heavy atom. The number of hydrogen-bond acceptors (Lipinski definition) is 3. The van der Waals surface area contributed by atoms with E-state index in [-0.39, 0.29) is 5.91 Å². The van der Waals surface area contributed by atoms with Gasteiger partial charge >= 0.3 is 0 Å². The molecule has 1 amide bonds. The molecule has 0 atom stereocenters. The summed E-state index contributed by atoms with van der Waals surface area (Å²) < 4.78 is 1.96. The SMILES string of the molecule is Cc1nc2ccccc2n1CC(=O)NCc1ccc2c(c1)CNC2. The Morgan fingerprint density at radius 1 is 1.21 bits per heavy atom. The number of aromatic nitrogens is 2. The summed E-state index contributed by atoms with van der Waals surface area (Å²) in [6.07, 6.45) is 0. The van der Waals surface area contributed by atoms with Gasteiger partial charge in [0.2, 0.25) is 5.91 Å². The second-order valence-electron chi connectivity index (χ2n) is 6.22. The van der Waals surface area contributed by atoms with Crippen molar-refractivity contribution in [3.63, 3.8) is 0 Å². The molecule has 0 radical (unpaired) electrons. The van der Waals surface area contributed by atoms with E-state index in [0.717, 1.165) is 35.5 Å². The van der Waals surface area contributed by atoms with Crippen molar-refractivity contribution in [2.45, 2.75) is 33.1 Å². The third-order valence-electron chi connectivity index (χ3n) is 4.54. The second-order valence-corrected chi connectivity index (χ2v) is 6.22. The minimum Gasteiger partial charge on any atom is -0.350 e. The van der Waals surface area contributed by atoms with Crippen LogP contribution in [-0.2, 0) is 31.0 Å². The van der Waals surface area contributed by atoms with Gasteiger partial charge in [0.05, 0.1) is 11.0 Å². The number of carbonyl (C=O) groups excluding carboxylic acids is 1. The molecule has 1 aliphatic rings. The summed E-state index contributed by atoms with van der Waals surface area (Å²) in [5.74, 6) is 0.856. The first-order valence-corrected chi connectivity index (χ1v) is 8.21. The van der Waals surface area contributed by atoms with E-state index in [1.165, 1.54) is 11.1 Å². The van der Waals surface area contributed by atoms with E-state index in [1.807, 2.05) is 35.8 Å². The number of rotatable bonds is 4. The lowest BCUT2D eigenvalue weighted by atomic mass is 10.1. The Kier molecular flexibility index (Phi) is 3.78. The molecule has 0 spiro atoms. The Balaban J connectivity index is 1.44. The van der Waals surface area contributed by atoms with Gasteiger partial charge in [-0.1, -0.05) is 30.3 Å². The number of nitrogens with one attached hydrogen (secondary N) is 2. The van der Waals surface area contributed by atoms with E-state index in [1.54, 1.807) is 0 Å². The van der Waals surface area contributed by atoms with Crippen LogP contribution >= 0.6 is 0 Å². The van der Waals surface area contributed by atoms with Crippen LogP contribution in [0.3, 0.4) is 0 Å². The minimum absolute atomic E-state index is 0.000114. The van der Waals surface area contributed by atoms with Crippen molar-refractivity contribution in [1.82, 2.24) is 20.2 Å². The van der Waals surface area contributed by atoms with Crippen molar-refractivity contribution in [3.05, 3.63) is 65.0 Å². The van der Waals surface area contributed by atoms with E-state index in [4.69, 9.17) is 0 Å². The van der Waals surface area contributed by atoms with E-state index in [9.17, 15) is 4.79 Å². The van der Waals surface area contributed by atoms with Gasteiger partial charge in [-0.3, -0.25) is 4.79 Å². The zero-order valence-electron chi connectivity index (χ0n) is 13.7. The molecule has 2 heterocycles. The van der Waals surface area contributed by atoms with Gasteiger partial charge in [-0.25, -0.2) is 4.98 Å². The number of imidazole rings is 1. The van der Waals surface area contributed by atoms with Gasteiger partial charge in [-0.05, 0) is 35.7 Å². The Labute approximate surface area is 140 Å². The first-order chi connectivity index (χ1) is 11.7. The van der Waals surface area contributed by atoms with Crippen molar-refractivity contribution >= 4 is 16.9 Å². The molecular formula is C19H20N4O. The lowest BCUT2D eigenvalue weighted by molar-refractivity contribution is -0.121. The topological polar surface area (TPSA) is 59.0 Å². The highest BCUT2D eigenvalue weighted by Gasteiger charge is 2.12. The predicted molar refractivity (Wildman–Crippen MR) is 93.3 cm³/mol. The van der Waals surface area contributed by atoms with E-state index < -0.39 is 0 Å². The summed E-state index contributed by atoms with van der Waals surface area (Å²) in [4.78, 5) is 16.8. The average Bonchev–Trinajstić information content (AvgIpc) is 3.17. The van der Waals surface area contributed by atoms with Crippen molar-refractivity contribution in [1.29, 1.82) is 0 Å². The fourth-order valence-electron chi connectivity index (χ4n) is 3.25. The van der Waals surface area contributed by atoms with Crippen LogP contribution in [0.2, 0.25) is 0 Å². The number of para-hydroxylation sites is 2. The monoisotopic (exact) mass is 320 g/mol. The molecular weight excluding hydrogens is 300 g/mol. The highest BCUT2D eigenvalue weighted by Crippen LogP contribution is 2.17. The van der Waals surface area contributed by atoms with Crippen LogP contribution in [0, 0.1) is 6.92 Å². The standard InChI is InChI=1S/C19H20N4O/c1-13-22-17-4-2-3-5-18(17)23(13)12-19(24)21-9-14-6-7-15-10-20-11-16(15)8-14/h2-8,20H,9-12H2,1H3,(H,21,24). The molecule has 0 fully saturated rings.